The van der Waals surface area contributed by atoms with E-state index in [-0.39, 0.29) is 23.1 Å². The minimum Gasteiger partial charge on any atom is -0.494 e. The Bertz CT molecular complexity index is 1860. The summed E-state index contributed by atoms with van der Waals surface area (Å²) in [5.74, 6) is -2.36. The standard InChI is InChI=1S/C32H39N9O2.C2HF3O2/c1-22-27(23-13-28(43-4)29-25(16-34)17-36-40(29)19-23)18-37-41(22)26-5-11-38(12-6-26)30(42)24(15-33)14-31(2,3)39-20-32(21-39)7-9-35-10-8-32;3-2(4,5)1(6)7/h13-14,17-19,26,35H,5-12,20-21H2,1-4H3;(H,6,7)/b24-14+;. The average molecular weight is 696 g/mol. The molecule has 1 spiro atoms. The largest absolute Gasteiger partial charge is 0.494 e. The second-order valence-corrected chi connectivity index (χ2v) is 13.6. The summed E-state index contributed by atoms with van der Waals surface area (Å²) in [4.78, 5) is 26.6. The number of hydrogen-bond donors (Lipinski definition) is 2. The molecule has 13 nitrogen and oxygen atoms in total. The van der Waals surface area contributed by atoms with Gasteiger partial charge < -0.3 is 20.1 Å². The van der Waals surface area contributed by atoms with Crippen molar-refractivity contribution in [3.8, 4) is 29.0 Å². The smallest absolute Gasteiger partial charge is 0.490 e. The summed E-state index contributed by atoms with van der Waals surface area (Å²) in [5, 5.41) is 39.0. The number of aromatic nitrogens is 4. The number of nitriles is 2. The van der Waals surface area contributed by atoms with Crippen LogP contribution in [-0.2, 0) is 9.59 Å². The van der Waals surface area contributed by atoms with E-state index < -0.39 is 12.1 Å². The molecule has 2 N–H and O–H groups in total. The van der Waals surface area contributed by atoms with Crippen LogP contribution in [-0.4, -0.2) is 104 Å². The number of methoxy groups -OCH3 is 1. The molecule has 3 aliphatic rings. The number of nitrogens with zero attached hydrogens (tertiary/aromatic N) is 8. The van der Waals surface area contributed by atoms with Crippen LogP contribution in [0.5, 0.6) is 5.75 Å². The van der Waals surface area contributed by atoms with Gasteiger partial charge in [0.05, 0.1) is 25.5 Å². The highest BCUT2D eigenvalue weighted by Gasteiger charge is 2.48. The van der Waals surface area contributed by atoms with Crippen LogP contribution >= 0.6 is 0 Å². The van der Waals surface area contributed by atoms with Gasteiger partial charge >= 0.3 is 12.1 Å². The molecule has 3 saturated heterocycles. The Morgan fingerprint density at radius 3 is 2.32 bits per heavy atom. The lowest BCUT2D eigenvalue weighted by atomic mass is 9.70. The van der Waals surface area contributed by atoms with Gasteiger partial charge in [0.25, 0.3) is 5.91 Å². The van der Waals surface area contributed by atoms with Gasteiger partial charge in [-0.1, -0.05) is 0 Å². The monoisotopic (exact) mass is 695 g/mol. The minimum absolute atomic E-state index is 0.145. The first kappa shape index (κ1) is 36.4. The lowest BCUT2D eigenvalue weighted by molar-refractivity contribution is -0.192. The number of hydrogen-bond acceptors (Lipinski definition) is 9. The molecule has 50 heavy (non-hydrogen) atoms. The van der Waals surface area contributed by atoms with E-state index in [1.807, 2.05) is 41.0 Å². The minimum atomic E-state index is -5.08. The normalized spacial score (nSPS) is 18.5. The molecule has 1 amide bonds. The predicted octanol–water partition coefficient (Wildman–Crippen LogP) is 4.10. The molecule has 0 aliphatic carbocycles. The molecule has 0 atom stereocenters. The van der Waals surface area contributed by atoms with Gasteiger partial charge in [0, 0.05) is 54.7 Å². The third-order valence-corrected chi connectivity index (χ3v) is 9.99. The van der Waals surface area contributed by atoms with Crippen LogP contribution in [0.2, 0.25) is 0 Å². The number of nitrogens with one attached hydrogen (secondary N) is 1. The van der Waals surface area contributed by atoms with Crippen LogP contribution in [0.3, 0.4) is 0 Å². The molecule has 0 unspecified atom stereocenters. The highest BCUT2D eigenvalue weighted by Crippen LogP contribution is 2.43. The molecule has 3 fully saturated rings. The summed E-state index contributed by atoms with van der Waals surface area (Å²) in [6.07, 6.45) is 5.96. The summed E-state index contributed by atoms with van der Waals surface area (Å²) >= 11 is 0. The Morgan fingerprint density at radius 1 is 1.12 bits per heavy atom. The number of halogens is 3. The fourth-order valence-electron chi connectivity index (χ4n) is 7.06. The zero-order valence-corrected chi connectivity index (χ0v) is 28.4. The third kappa shape index (κ3) is 7.32. The molecular formula is C34H40F3N9O4. The van der Waals surface area contributed by atoms with E-state index in [0.717, 1.165) is 55.8 Å². The van der Waals surface area contributed by atoms with Crippen molar-refractivity contribution in [3.63, 3.8) is 0 Å². The maximum Gasteiger partial charge on any atom is 0.490 e. The van der Waals surface area contributed by atoms with E-state index in [9.17, 15) is 28.5 Å². The number of rotatable bonds is 6. The molecule has 6 rings (SSSR count). The van der Waals surface area contributed by atoms with Crippen LogP contribution < -0.4 is 10.1 Å². The molecule has 3 aromatic heterocycles. The first-order valence-electron chi connectivity index (χ1n) is 16.3. The predicted molar refractivity (Wildman–Crippen MR) is 175 cm³/mol. The quantitative estimate of drug-likeness (QED) is 0.283. The van der Waals surface area contributed by atoms with E-state index in [4.69, 9.17) is 19.7 Å². The molecule has 3 aliphatic heterocycles. The molecule has 266 valence electrons. The fraction of sp³-hybridized carbons (Fsp3) is 0.529. The number of aliphatic carboxylic acids is 1. The van der Waals surface area contributed by atoms with Crippen LogP contribution in [0.25, 0.3) is 16.6 Å². The Labute approximate surface area is 287 Å². The summed E-state index contributed by atoms with van der Waals surface area (Å²) in [6.45, 7) is 11.6. The molecule has 16 heteroatoms. The lowest BCUT2D eigenvalue weighted by Crippen LogP contribution is -2.65. The lowest BCUT2D eigenvalue weighted by Gasteiger charge is -2.57. The highest BCUT2D eigenvalue weighted by atomic mass is 19.4. The Morgan fingerprint density at radius 2 is 1.76 bits per heavy atom. The van der Waals surface area contributed by atoms with Gasteiger partial charge in [0.15, 0.2) is 0 Å². The summed E-state index contributed by atoms with van der Waals surface area (Å²) in [6, 6.07) is 6.43. The number of ether oxygens (including phenoxy) is 1. The van der Waals surface area contributed by atoms with Crippen molar-refractivity contribution in [3.05, 3.63) is 47.6 Å². The number of alkyl halides is 3. The SMILES string of the molecule is COc1cc(-c2cnn(C3CCN(C(=O)/C(C#N)=C/C(C)(C)N4CC5(CCNCC5)C4)CC3)c2C)cn2ncc(C#N)c12.O=C(O)C(F)(F)F. The van der Waals surface area contributed by atoms with Crippen molar-refractivity contribution < 1.29 is 32.6 Å². The second-order valence-electron chi connectivity index (χ2n) is 13.6. The molecule has 3 aromatic rings. The topological polar surface area (TPSA) is 165 Å². The molecule has 6 heterocycles. The number of pyridine rings is 1. The van der Waals surface area contributed by atoms with Gasteiger partial charge in [0.1, 0.15) is 34.5 Å². The van der Waals surface area contributed by atoms with Crippen molar-refractivity contribution in [1.29, 1.82) is 10.5 Å². The fourth-order valence-corrected chi connectivity index (χ4v) is 7.06. The van der Waals surface area contributed by atoms with Gasteiger partial charge in [0.2, 0.25) is 0 Å². The first-order chi connectivity index (χ1) is 23.6. The molecule has 0 saturated carbocycles. The number of likely N-dealkylation sites (tertiary alicyclic amines) is 2. The van der Waals surface area contributed by atoms with Gasteiger partial charge in [-0.25, -0.2) is 9.31 Å². The Hall–Kier alpha value is -4.93. The average Bonchev–Trinajstić information content (AvgIpc) is 3.68. The van der Waals surface area contributed by atoms with Crippen molar-refractivity contribution >= 4 is 17.4 Å². The summed E-state index contributed by atoms with van der Waals surface area (Å²) in [7, 11) is 1.59. The van der Waals surface area contributed by atoms with Gasteiger partial charge in [-0.15, -0.1) is 0 Å². The van der Waals surface area contributed by atoms with E-state index in [2.05, 4.69) is 41.3 Å². The van der Waals surface area contributed by atoms with Crippen molar-refractivity contribution in [2.45, 2.75) is 64.2 Å². The van der Waals surface area contributed by atoms with Gasteiger partial charge in [-0.05, 0) is 77.1 Å². The number of carboxylic acid groups (broad SMARTS) is 1. The number of fused-ring (bicyclic) bond motifs is 1. The zero-order chi connectivity index (χ0) is 36.4. The zero-order valence-electron chi connectivity index (χ0n) is 28.4. The Balaban J connectivity index is 0.000000630. The van der Waals surface area contributed by atoms with E-state index >= 15 is 0 Å². The maximum atomic E-state index is 13.5. The molecule has 0 bridgehead atoms. The van der Waals surface area contributed by atoms with Crippen LogP contribution in [0.1, 0.15) is 56.8 Å². The van der Waals surface area contributed by atoms with Crippen LogP contribution in [0.4, 0.5) is 13.2 Å². The number of carbonyl (C=O) groups excluding carboxylic acids is 1. The summed E-state index contributed by atoms with van der Waals surface area (Å²) in [5.41, 5.74) is 4.24. The summed E-state index contributed by atoms with van der Waals surface area (Å²) < 4.78 is 41.0. The van der Waals surface area contributed by atoms with E-state index in [0.29, 0.717) is 35.3 Å². The molecule has 0 aromatic carbocycles. The molecular weight excluding hydrogens is 655 g/mol. The van der Waals surface area contributed by atoms with Crippen molar-refractivity contribution in [1.82, 2.24) is 34.5 Å². The first-order valence-corrected chi connectivity index (χ1v) is 16.3. The third-order valence-electron chi connectivity index (χ3n) is 9.99. The Kier molecular flexibility index (Phi) is 10.3. The number of carbonyl (C=O) groups is 2. The van der Waals surface area contributed by atoms with Crippen molar-refractivity contribution in [2.75, 3.05) is 46.4 Å². The number of carboxylic acids is 1. The molecule has 0 radical (unpaired) electrons. The van der Waals surface area contributed by atoms with Crippen molar-refractivity contribution in [2.24, 2.45) is 5.41 Å². The highest BCUT2D eigenvalue weighted by molar-refractivity contribution is 5.97. The van der Waals surface area contributed by atoms with E-state index in [1.165, 1.54) is 19.0 Å². The van der Waals surface area contributed by atoms with E-state index in [1.54, 1.807) is 11.6 Å². The van der Waals surface area contributed by atoms with Gasteiger partial charge in [-0.2, -0.15) is 33.9 Å². The van der Waals surface area contributed by atoms with Crippen LogP contribution in [0.15, 0.2) is 36.3 Å². The second kappa shape index (κ2) is 14.1. The van der Waals surface area contributed by atoms with Crippen LogP contribution in [0, 0.1) is 35.0 Å². The maximum absolute atomic E-state index is 13.5. The number of piperidine rings is 2. The number of amides is 1. The van der Waals surface area contributed by atoms with Gasteiger partial charge in [-0.3, -0.25) is 14.4 Å².